The molecule has 2 rings (SSSR count). The quantitative estimate of drug-likeness (QED) is 0.707. The Morgan fingerprint density at radius 1 is 1.27 bits per heavy atom. The molecule has 4 nitrogen and oxygen atoms in total. The summed E-state index contributed by atoms with van der Waals surface area (Å²) in [5.41, 5.74) is 0. The summed E-state index contributed by atoms with van der Waals surface area (Å²) in [6.45, 7) is 14.0. The van der Waals surface area contributed by atoms with Gasteiger partial charge in [-0.1, -0.05) is 32.4 Å². The number of rotatable bonds is 6. The van der Waals surface area contributed by atoms with Crippen molar-refractivity contribution >= 4 is 11.8 Å². The van der Waals surface area contributed by atoms with E-state index in [-0.39, 0.29) is 17.7 Å². The normalized spacial score (nSPS) is 24.3. The van der Waals surface area contributed by atoms with Crippen LogP contribution in [0.2, 0.25) is 0 Å². The van der Waals surface area contributed by atoms with Crippen LogP contribution in [0.3, 0.4) is 0 Å². The minimum Gasteiger partial charge on any atom is -0.342 e. The third kappa shape index (κ3) is 5.00. The first-order valence-corrected chi connectivity index (χ1v) is 8.40. The van der Waals surface area contributed by atoms with Crippen molar-refractivity contribution in [1.29, 1.82) is 0 Å². The molecule has 2 heterocycles. The maximum Gasteiger partial charge on any atom is 0.229 e. The molecule has 0 saturated carbocycles. The van der Waals surface area contributed by atoms with Gasteiger partial charge in [-0.15, -0.1) is 6.58 Å². The van der Waals surface area contributed by atoms with Crippen molar-refractivity contribution in [2.24, 2.45) is 11.8 Å². The molecule has 124 valence electrons. The Bertz CT molecular complexity index is 406. The molecule has 2 aliphatic rings. The zero-order valence-corrected chi connectivity index (χ0v) is 14.1. The predicted octanol–water partition coefficient (Wildman–Crippen LogP) is 3.21. The summed E-state index contributed by atoms with van der Waals surface area (Å²) in [7, 11) is 0. The van der Waals surface area contributed by atoms with Crippen LogP contribution < -0.4 is 0 Å². The smallest absolute Gasteiger partial charge is 0.229 e. The second-order valence-electron chi connectivity index (χ2n) is 5.99. The molecule has 0 aromatic carbocycles. The maximum atomic E-state index is 11.2. The minimum absolute atomic E-state index is 0.0972. The second kappa shape index (κ2) is 9.44. The minimum atomic E-state index is 0.0972. The van der Waals surface area contributed by atoms with Gasteiger partial charge in [-0.05, 0) is 31.9 Å². The number of hydrogen-bond donors (Lipinski definition) is 0. The zero-order chi connectivity index (χ0) is 16.5. The lowest BCUT2D eigenvalue weighted by atomic mass is 10.0. The van der Waals surface area contributed by atoms with E-state index in [9.17, 15) is 9.59 Å². The number of nitrogens with zero attached hydrogens (tertiary/aromatic N) is 2. The van der Waals surface area contributed by atoms with Crippen LogP contribution in [0.25, 0.3) is 0 Å². The monoisotopic (exact) mass is 306 g/mol. The highest BCUT2D eigenvalue weighted by molar-refractivity contribution is 5.82. The van der Waals surface area contributed by atoms with Gasteiger partial charge in [0.15, 0.2) is 0 Å². The van der Waals surface area contributed by atoms with Crippen LogP contribution in [0.15, 0.2) is 25.4 Å². The SMILES string of the molecule is C=CC1CCN(CC)C1=O.C=CN1CC(CCCC)CC1=O. The van der Waals surface area contributed by atoms with Crippen LogP contribution in [-0.2, 0) is 9.59 Å². The molecule has 0 aliphatic carbocycles. The van der Waals surface area contributed by atoms with Crippen molar-refractivity contribution in [2.45, 2.75) is 46.0 Å². The number of hydrogen-bond acceptors (Lipinski definition) is 2. The van der Waals surface area contributed by atoms with Crippen LogP contribution >= 0.6 is 0 Å². The van der Waals surface area contributed by atoms with Crippen molar-refractivity contribution in [1.82, 2.24) is 9.80 Å². The summed E-state index contributed by atoms with van der Waals surface area (Å²) in [6.07, 6.45) is 8.72. The topological polar surface area (TPSA) is 40.6 Å². The first-order valence-electron chi connectivity index (χ1n) is 8.40. The van der Waals surface area contributed by atoms with Gasteiger partial charge in [-0.25, -0.2) is 0 Å². The molecule has 0 aromatic heterocycles. The largest absolute Gasteiger partial charge is 0.342 e. The molecule has 0 N–H and O–H groups in total. The van der Waals surface area contributed by atoms with E-state index in [1.807, 2.05) is 11.8 Å². The van der Waals surface area contributed by atoms with E-state index in [2.05, 4.69) is 20.1 Å². The van der Waals surface area contributed by atoms with Gasteiger partial charge in [0.1, 0.15) is 0 Å². The fraction of sp³-hybridized carbons (Fsp3) is 0.667. The standard InChI is InChI=1S/C10H17NO.C8H13NO/c1-3-5-6-9-7-10(12)11(4-2)8-9;1-3-7-5-6-9(4-2)8(7)10/h4,9H,2-3,5-8H2,1H3;3,7H,1,4-6H2,2H3. The summed E-state index contributed by atoms with van der Waals surface area (Å²) in [4.78, 5) is 26.1. The summed E-state index contributed by atoms with van der Waals surface area (Å²) in [5, 5.41) is 0. The van der Waals surface area contributed by atoms with E-state index >= 15 is 0 Å². The van der Waals surface area contributed by atoms with Gasteiger partial charge in [0.25, 0.3) is 0 Å². The lowest BCUT2D eigenvalue weighted by molar-refractivity contribution is -0.129. The summed E-state index contributed by atoms with van der Waals surface area (Å²) in [5.74, 6) is 1.17. The van der Waals surface area contributed by atoms with Crippen LogP contribution in [0.4, 0.5) is 0 Å². The second-order valence-corrected chi connectivity index (χ2v) is 5.99. The molecule has 2 unspecified atom stereocenters. The van der Waals surface area contributed by atoms with Gasteiger partial charge in [0, 0.05) is 26.1 Å². The third-order valence-corrected chi connectivity index (χ3v) is 4.43. The van der Waals surface area contributed by atoms with E-state index < -0.39 is 0 Å². The van der Waals surface area contributed by atoms with E-state index in [0.29, 0.717) is 5.92 Å². The Balaban J connectivity index is 0.000000224. The molecule has 2 amide bonds. The molecule has 2 atom stereocenters. The number of unbranched alkanes of at least 4 members (excludes halogenated alkanes) is 1. The van der Waals surface area contributed by atoms with Gasteiger partial charge in [-0.3, -0.25) is 9.59 Å². The molecule has 2 saturated heterocycles. The Hall–Kier alpha value is -1.58. The number of carbonyl (C=O) groups is 2. The number of likely N-dealkylation sites (tertiary alicyclic amines) is 2. The van der Waals surface area contributed by atoms with Gasteiger partial charge in [0.2, 0.25) is 11.8 Å². The highest BCUT2D eigenvalue weighted by Gasteiger charge is 2.27. The highest BCUT2D eigenvalue weighted by Crippen LogP contribution is 2.22. The Kier molecular flexibility index (Phi) is 7.92. The Morgan fingerprint density at radius 3 is 2.41 bits per heavy atom. The van der Waals surface area contributed by atoms with E-state index in [0.717, 1.165) is 32.5 Å². The lowest BCUT2D eigenvalue weighted by Gasteiger charge is -2.11. The van der Waals surface area contributed by atoms with Gasteiger partial charge < -0.3 is 9.80 Å². The fourth-order valence-corrected chi connectivity index (χ4v) is 2.97. The number of carbonyl (C=O) groups excluding carboxylic acids is 2. The van der Waals surface area contributed by atoms with Crippen LogP contribution in [-0.4, -0.2) is 41.2 Å². The fourth-order valence-electron chi connectivity index (χ4n) is 2.97. The van der Waals surface area contributed by atoms with Gasteiger partial charge in [-0.2, -0.15) is 0 Å². The van der Waals surface area contributed by atoms with Gasteiger partial charge >= 0.3 is 0 Å². The molecule has 0 bridgehead atoms. The summed E-state index contributed by atoms with van der Waals surface area (Å²) in [6, 6.07) is 0. The van der Waals surface area contributed by atoms with Crippen molar-refractivity contribution < 1.29 is 9.59 Å². The van der Waals surface area contributed by atoms with Crippen LogP contribution in [0, 0.1) is 11.8 Å². The Morgan fingerprint density at radius 2 is 2.00 bits per heavy atom. The zero-order valence-electron chi connectivity index (χ0n) is 14.1. The van der Waals surface area contributed by atoms with Crippen molar-refractivity contribution in [2.75, 3.05) is 19.6 Å². The van der Waals surface area contributed by atoms with E-state index in [1.165, 1.54) is 19.3 Å². The lowest BCUT2D eigenvalue weighted by Crippen LogP contribution is -2.26. The highest BCUT2D eigenvalue weighted by atomic mass is 16.2. The molecule has 0 spiro atoms. The molecule has 0 radical (unpaired) electrons. The molecule has 2 fully saturated rings. The Labute approximate surface area is 134 Å². The van der Waals surface area contributed by atoms with Crippen molar-refractivity contribution in [3.63, 3.8) is 0 Å². The summed E-state index contributed by atoms with van der Waals surface area (Å²) >= 11 is 0. The van der Waals surface area contributed by atoms with E-state index in [4.69, 9.17) is 0 Å². The molecular weight excluding hydrogens is 276 g/mol. The number of amides is 2. The van der Waals surface area contributed by atoms with Crippen LogP contribution in [0.1, 0.15) is 46.0 Å². The maximum absolute atomic E-state index is 11.2. The van der Waals surface area contributed by atoms with Crippen molar-refractivity contribution in [3.8, 4) is 0 Å². The molecule has 2 aliphatic heterocycles. The molecular formula is C18H30N2O2. The third-order valence-electron chi connectivity index (χ3n) is 4.43. The molecule has 22 heavy (non-hydrogen) atoms. The van der Waals surface area contributed by atoms with Gasteiger partial charge in [0.05, 0.1) is 5.92 Å². The molecule has 4 heteroatoms. The average Bonchev–Trinajstić information content (AvgIpc) is 3.07. The molecule has 0 aromatic rings. The summed E-state index contributed by atoms with van der Waals surface area (Å²) < 4.78 is 0. The first-order chi connectivity index (χ1) is 10.6. The van der Waals surface area contributed by atoms with Crippen molar-refractivity contribution in [3.05, 3.63) is 25.4 Å². The van der Waals surface area contributed by atoms with E-state index in [1.54, 1.807) is 17.2 Å². The van der Waals surface area contributed by atoms with Crippen LogP contribution in [0.5, 0.6) is 0 Å². The first kappa shape index (κ1) is 18.5. The predicted molar refractivity (Wildman–Crippen MR) is 90.1 cm³/mol. The average molecular weight is 306 g/mol.